The van der Waals surface area contributed by atoms with E-state index in [1.54, 1.807) is 0 Å². The first kappa shape index (κ1) is 24.6. The predicted octanol–water partition coefficient (Wildman–Crippen LogP) is 7.12. The molecule has 2 aromatic carbocycles. The Balaban J connectivity index is 2.31. The molecule has 0 heterocycles. The number of benzene rings is 2. The molecular weight excluding hydrogens is 624 g/mol. The summed E-state index contributed by atoms with van der Waals surface area (Å²) >= 11 is -0.478. The average Bonchev–Trinajstić information content (AvgIpc) is 3.53. The van der Waals surface area contributed by atoms with Crippen LogP contribution in [0.3, 0.4) is 0 Å². The van der Waals surface area contributed by atoms with Crippen LogP contribution < -0.4 is 7.74 Å². The summed E-state index contributed by atoms with van der Waals surface area (Å²) in [6.45, 7) is 0. The van der Waals surface area contributed by atoms with E-state index >= 15 is 17.6 Å². The van der Waals surface area contributed by atoms with Crippen LogP contribution >= 0.6 is 31.9 Å². The number of hydrogen-bond donors (Lipinski definition) is 0. The molecule has 0 fully saturated rings. The van der Waals surface area contributed by atoms with E-state index < -0.39 is 79.8 Å². The van der Waals surface area contributed by atoms with Gasteiger partial charge in [0.15, 0.2) is 0 Å². The van der Waals surface area contributed by atoms with E-state index in [-0.39, 0.29) is 20.6 Å². The first-order valence-electron chi connectivity index (χ1n) is 9.32. The fraction of sp³-hybridized carbons (Fsp3) is 0.0909. The Kier molecular flexibility index (Phi) is 6.68. The third-order valence-corrected chi connectivity index (χ3v) is 14.9. The molecular formula is C22H10Br2F8Ti. The average molecular weight is 634 g/mol. The van der Waals surface area contributed by atoms with Gasteiger partial charge in [0.1, 0.15) is 0 Å². The topological polar surface area (TPSA) is 0 Å². The van der Waals surface area contributed by atoms with Crippen molar-refractivity contribution in [2.75, 3.05) is 0 Å². The first-order chi connectivity index (χ1) is 15.6. The van der Waals surface area contributed by atoms with Gasteiger partial charge < -0.3 is 0 Å². The molecule has 0 atom stereocenters. The molecule has 0 aromatic heterocycles. The Bertz CT molecular complexity index is 1170. The SMILES string of the molecule is Fc1c(F)c(Br)c(F)[c]([Ti]([C]2=CC=CC2)([C]2=CC=CC2)[c]2c(F)c(F)c(F)c(Br)c2F)c1F. The summed E-state index contributed by atoms with van der Waals surface area (Å²) in [6, 6.07) is 0. The van der Waals surface area contributed by atoms with Crippen LogP contribution in [0.1, 0.15) is 12.8 Å². The van der Waals surface area contributed by atoms with Crippen LogP contribution in [0, 0.1) is 46.5 Å². The van der Waals surface area contributed by atoms with E-state index in [1.165, 1.54) is 36.5 Å². The molecule has 0 N–H and O–H groups in total. The molecule has 0 saturated heterocycles. The van der Waals surface area contributed by atoms with Crippen molar-refractivity contribution in [1.82, 2.24) is 0 Å². The zero-order valence-electron chi connectivity index (χ0n) is 16.2. The summed E-state index contributed by atoms with van der Waals surface area (Å²) in [5.41, 5.74) is 0. The molecule has 0 spiro atoms. The summed E-state index contributed by atoms with van der Waals surface area (Å²) in [6.07, 6.45) is 8.65. The van der Waals surface area contributed by atoms with Crippen LogP contribution in [0.2, 0.25) is 0 Å². The number of hydrogen-bond acceptors (Lipinski definition) is 0. The summed E-state index contributed by atoms with van der Waals surface area (Å²) in [5.74, 6) is -15.0. The van der Waals surface area contributed by atoms with Crippen molar-refractivity contribution < 1.29 is 51.7 Å². The minimum atomic E-state index is -5.57. The molecule has 4 rings (SSSR count). The van der Waals surface area contributed by atoms with Crippen LogP contribution in [-0.4, -0.2) is 0 Å². The van der Waals surface area contributed by atoms with Crippen molar-refractivity contribution in [1.29, 1.82) is 0 Å². The molecule has 11 heteroatoms. The monoisotopic (exact) mass is 632 g/mol. The Morgan fingerprint density at radius 3 is 1.18 bits per heavy atom. The molecule has 2 aliphatic rings. The Labute approximate surface area is 203 Å². The Morgan fingerprint density at radius 2 is 0.879 bits per heavy atom. The molecule has 0 unspecified atom stereocenters. The van der Waals surface area contributed by atoms with E-state index in [0.717, 1.165) is 0 Å². The van der Waals surface area contributed by atoms with Gasteiger partial charge in [0, 0.05) is 0 Å². The van der Waals surface area contributed by atoms with Gasteiger partial charge in [-0.15, -0.1) is 0 Å². The van der Waals surface area contributed by atoms with Gasteiger partial charge in [-0.05, 0) is 0 Å². The Hall–Kier alpha value is -1.49. The fourth-order valence-electron chi connectivity index (χ4n) is 4.29. The quantitative estimate of drug-likeness (QED) is 0.146. The van der Waals surface area contributed by atoms with Crippen LogP contribution in [0.15, 0.2) is 53.2 Å². The van der Waals surface area contributed by atoms with E-state index in [9.17, 15) is 17.6 Å². The molecule has 2 aliphatic carbocycles. The van der Waals surface area contributed by atoms with Gasteiger partial charge in [-0.3, -0.25) is 0 Å². The van der Waals surface area contributed by atoms with Crippen LogP contribution in [0.4, 0.5) is 35.1 Å². The third kappa shape index (κ3) is 3.47. The molecule has 33 heavy (non-hydrogen) atoms. The van der Waals surface area contributed by atoms with Crippen LogP contribution in [0.5, 0.6) is 0 Å². The van der Waals surface area contributed by atoms with Crippen molar-refractivity contribution in [3.05, 3.63) is 99.7 Å². The molecule has 0 saturated carbocycles. The van der Waals surface area contributed by atoms with Crippen molar-refractivity contribution in [2.45, 2.75) is 12.8 Å². The fourth-order valence-corrected chi connectivity index (χ4v) is 13.8. The second kappa shape index (κ2) is 8.94. The van der Waals surface area contributed by atoms with E-state index in [2.05, 4.69) is 31.9 Å². The summed E-state index contributed by atoms with van der Waals surface area (Å²) in [7, 11) is 0. The summed E-state index contributed by atoms with van der Waals surface area (Å²) < 4.78 is 115. The molecule has 0 radical (unpaired) electrons. The van der Waals surface area contributed by atoms with Gasteiger partial charge in [-0.25, -0.2) is 0 Å². The van der Waals surface area contributed by atoms with Crippen molar-refractivity contribution in [2.24, 2.45) is 0 Å². The number of allylic oxidation sites excluding steroid dienone is 8. The molecule has 172 valence electrons. The van der Waals surface area contributed by atoms with Crippen molar-refractivity contribution in [3.63, 3.8) is 0 Å². The summed E-state index contributed by atoms with van der Waals surface area (Å²) in [4.78, 5) is 0. The third-order valence-electron chi connectivity index (χ3n) is 5.68. The maximum atomic E-state index is 15.6. The van der Waals surface area contributed by atoms with Gasteiger partial charge in [0.25, 0.3) is 0 Å². The standard InChI is InChI=1S/2C6BrF4.2C5H5.Ti/c2*7-4-2(8)1-3(9)5(10)6(4)11;2*1-2-4-5-3-1;/h;;2*1-3H,4H2;. The first-order valence-corrected chi connectivity index (χ1v) is 14.0. The molecule has 0 bridgehead atoms. The normalized spacial score (nSPS) is 15.5. The molecule has 0 aliphatic heterocycles. The van der Waals surface area contributed by atoms with Crippen molar-refractivity contribution in [3.8, 4) is 0 Å². The van der Waals surface area contributed by atoms with E-state index in [4.69, 9.17) is 0 Å². The molecule has 2 aromatic rings. The van der Waals surface area contributed by atoms with Gasteiger partial charge in [0.05, 0.1) is 0 Å². The van der Waals surface area contributed by atoms with E-state index in [1.807, 2.05) is 0 Å². The minimum absolute atomic E-state index is 0.0394. The number of rotatable bonds is 4. The predicted molar refractivity (Wildman–Crippen MR) is 111 cm³/mol. The van der Waals surface area contributed by atoms with Crippen LogP contribution in [-0.2, 0) is 16.6 Å². The maximum absolute atomic E-state index is 15.6. The van der Waals surface area contributed by atoms with Gasteiger partial charge in [-0.1, -0.05) is 0 Å². The number of halogens is 10. The van der Waals surface area contributed by atoms with E-state index in [0.29, 0.717) is 0 Å². The van der Waals surface area contributed by atoms with Crippen LogP contribution in [0.25, 0.3) is 0 Å². The zero-order valence-corrected chi connectivity index (χ0v) is 20.9. The second-order valence-corrected chi connectivity index (χ2v) is 14.8. The summed E-state index contributed by atoms with van der Waals surface area (Å²) in [5, 5.41) is 0. The van der Waals surface area contributed by atoms with Gasteiger partial charge in [-0.2, -0.15) is 0 Å². The zero-order chi connectivity index (χ0) is 24.2. The van der Waals surface area contributed by atoms with Crippen molar-refractivity contribution >= 4 is 39.6 Å². The second-order valence-electron chi connectivity index (χ2n) is 7.29. The Morgan fingerprint density at radius 1 is 0.515 bits per heavy atom. The molecule has 0 nitrogen and oxygen atoms in total. The van der Waals surface area contributed by atoms with Gasteiger partial charge in [0.2, 0.25) is 0 Å². The molecule has 0 amide bonds. The van der Waals surface area contributed by atoms with Gasteiger partial charge >= 0.3 is 204 Å².